The van der Waals surface area contributed by atoms with Gasteiger partial charge in [0.05, 0.1) is 0 Å². The minimum Gasteiger partial charge on any atom is -0.356 e. The molecule has 0 atom stereocenters. The number of nitrogens with zero attached hydrogens (tertiary/aromatic N) is 2. The van der Waals surface area contributed by atoms with E-state index in [2.05, 4.69) is 22.5 Å². The summed E-state index contributed by atoms with van der Waals surface area (Å²) in [7, 11) is 3.42. The lowest BCUT2D eigenvalue weighted by atomic mass is 9.96. The molecule has 0 radical (unpaired) electrons. The van der Waals surface area contributed by atoms with E-state index in [1.54, 1.807) is 20.2 Å². The van der Waals surface area contributed by atoms with Crippen molar-refractivity contribution in [2.75, 3.05) is 33.7 Å². The van der Waals surface area contributed by atoms with Crippen LogP contribution in [0.5, 0.6) is 0 Å². The Morgan fingerprint density at radius 3 is 2.64 bits per heavy atom. The van der Waals surface area contributed by atoms with E-state index in [1.165, 1.54) is 17.0 Å². The molecule has 0 aromatic heterocycles. The van der Waals surface area contributed by atoms with Crippen molar-refractivity contribution in [3.8, 4) is 0 Å². The normalized spacial score (nSPS) is 15.6. The van der Waals surface area contributed by atoms with Gasteiger partial charge in [-0.2, -0.15) is 0 Å². The average molecular weight is 369 g/mol. The van der Waals surface area contributed by atoms with Gasteiger partial charge in [-0.1, -0.05) is 24.6 Å². The maximum absolute atomic E-state index is 13.3. The Morgan fingerprint density at radius 1 is 1.36 bits per heavy atom. The molecule has 1 aromatic carbocycles. The Bertz CT molecular complexity index is 644. The third-order valence-corrected chi connectivity index (χ3v) is 4.68. The van der Waals surface area contributed by atoms with Crippen LogP contribution in [-0.4, -0.2) is 50.5 Å². The van der Waals surface area contributed by atoms with Crippen LogP contribution in [0.2, 0.25) is 5.02 Å². The summed E-state index contributed by atoms with van der Waals surface area (Å²) in [4.78, 5) is 17.6. The molecule has 138 valence electrons. The Hall–Kier alpha value is -1.82. The highest BCUT2D eigenvalue weighted by molar-refractivity contribution is 6.31. The van der Waals surface area contributed by atoms with Gasteiger partial charge < -0.3 is 15.5 Å². The van der Waals surface area contributed by atoms with Crippen LogP contribution in [0.3, 0.4) is 0 Å². The minimum atomic E-state index is -0.327. The van der Waals surface area contributed by atoms with Crippen LogP contribution in [0.1, 0.15) is 31.7 Å². The number of nitrogens with one attached hydrogen (secondary N) is 2. The van der Waals surface area contributed by atoms with Gasteiger partial charge in [0.1, 0.15) is 12.4 Å². The van der Waals surface area contributed by atoms with Crippen LogP contribution in [-0.2, 0) is 10.2 Å². The Kier molecular flexibility index (Phi) is 6.64. The van der Waals surface area contributed by atoms with Gasteiger partial charge >= 0.3 is 0 Å². The molecule has 7 heteroatoms. The van der Waals surface area contributed by atoms with Crippen molar-refractivity contribution >= 4 is 23.5 Å². The van der Waals surface area contributed by atoms with E-state index in [0.717, 1.165) is 31.4 Å². The summed E-state index contributed by atoms with van der Waals surface area (Å²) in [5, 5.41) is 6.98. The SMILES string of the molecule is CCCNC(=NCC(=O)N(C)C)NCC1(c2ccc(F)cc2Cl)CC1. The fourth-order valence-electron chi connectivity index (χ4n) is 2.57. The van der Waals surface area contributed by atoms with Crippen LogP contribution in [0, 0.1) is 5.82 Å². The van der Waals surface area contributed by atoms with E-state index in [4.69, 9.17) is 11.6 Å². The monoisotopic (exact) mass is 368 g/mol. The lowest BCUT2D eigenvalue weighted by Gasteiger charge is -2.20. The van der Waals surface area contributed by atoms with Gasteiger partial charge in [0.15, 0.2) is 5.96 Å². The molecule has 0 bridgehead atoms. The number of aliphatic imine (C=N–C) groups is 1. The highest BCUT2D eigenvalue weighted by atomic mass is 35.5. The lowest BCUT2D eigenvalue weighted by Crippen LogP contribution is -2.42. The van der Waals surface area contributed by atoms with Crippen LogP contribution < -0.4 is 10.6 Å². The predicted octanol–water partition coefficient (Wildman–Crippen LogP) is 2.54. The molecule has 1 fully saturated rings. The molecule has 2 N–H and O–H groups in total. The van der Waals surface area contributed by atoms with Crippen LogP contribution >= 0.6 is 11.6 Å². The first-order chi connectivity index (χ1) is 11.9. The molecule has 1 aliphatic carbocycles. The first-order valence-corrected chi connectivity index (χ1v) is 8.93. The van der Waals surface area contributed by atoms with E-state index in [-0.39, 0.29) is 23.7 Å². The molecule has 0 saturated heterocycles. The molecule has 1 aromatic rings. The number of amides is 1. The fraction of sp³-hybridized carbons (Fsp3) is 0.556. The number of guanidine groups is 1. The second-order valence-corrected chi connectivity index (χ2v) is 7.05. The standard InChI is InChI=1S/C18H26ClFN4O/c1-4-9-21-17(22-11-16(25)24(2)3)23-12-18(7-8-18)14-6-5-13(20)10-15(14)19/h5-6,10H,4,7-9,11-12H2,1-3H3,(H2,21,22,23). The van der Waals surface area contributed by atoms with E-state index < -0.39 is 0 Å². The summed E-state index contributed by atoms with van der Waals surface area (Å²) in [5.74, 6) is 0.230. The van der Waals surface area contributed by atoms with Gasteiger partial charge in [-0.05, 0) is 37.0 Å². The summed E-state index contributed by atoms with van der Waals surface area (Å²) in [6, 6.07) is 4.57. The lowest BCUT2D eigenvalue weighted by molar-refractivity contribution is -0.127. The maximum atomic E-state index is 13.3. The molecule has 0 heterocycles. The zero-order valence-electron chi connectivity index (χ0n) is 15.0. The van der Waals surface area contributed by atoms with Crippen LogP contribution in [0.25, 0.3) is 0 Å². The second kappa shape index (κ2) is 8.52. The number of hydrogen-bond donors (Lipinski definition) is 2. The average Bonchev–Trinajstić information content (AvgIpc) is 3.34. The van der Waals surface area contributed by atoms with Crippen molar-refractivity contribution in [2.45, 2.75) is 31.6 Å². The molecular weight excluding hydrogens is 343 g/mol. The molecule has 25 heavy (non-hydrogen) atoms. The molecule has 5 nitrogen and oxygen atoms in total. The van der Waals surface area contributed by atoms with Gasteiger partial charge in [0, 0.05) is 37.6 Å². The van der Waals surface area contributed by atoms with Crippen molar-refractivity contribution in [3.63, 3.8) is 0 Å². The summed E-state index contributed by atoms with van der Waals surface area (Å²) in [6.07, 6.45) is 2.93. The van der Waals surface area contributed by atoms with Gasteiger partial charge in [-0.3, -0.25) is 4.79 Å². The topological polar surface area (TPSA) is 56.7 Å². The summed E-state index contributed by atoms with van der Waals surface area (Å²) >= 11 is 6.23. The number of halogens is 2. The van der Waals surface area contributed by atoms with E-state index in [9.17, 15) is 9.18 Å². The number of carbonyl (C=O) groups excluding carboxylic acids is 1. The predicted molar refractivity (Wildman–Crippen MR) is 99.6 cm³/mol. The summed E-state index contributed by atoms with van der Waals surface area (Å²) < 4.78 is 13.3. The second-order valence-electron chi connectivity index (χ2n) is 6.64. The van der Waals surface area contributed by atoms with Crippen molar-refractivity contribution < 1.29 is 9.18 Å². The van der Waals surface area contributed by atoms with Crippen molar-refractivity contribution in [1.82, 2.24) is 15.5 Å². The molecule has 2 rings (SSSR count). The molecule has 0 aliphatic heterocycles. The highest BCUT2D eigenvalue weighted by Crippen LogP contribution is 2.50. The first kappa shape index (κ1) is 19.5. The molecule has 1 amide bonds. The van der Waals surface area contributed by atoms with Crippen molar-refractivity contribution in [1.29, 1.82) is 0 Å². The van der Waals surface area contributed by atoms with E-state index >= 15 is 0 Å². The third-order valence-electron chi connectivity index (χ3n) is 4.36. The number of carbonyl (C=O) groups is 1. The number of rotatable bonds is 7. The Labute approximate surface area is 153 Å². The first-order valence-electron chi connectivity index (χ1n) is 8.56. The zero-order chi connectivity index (χ0) is 18.4. The quantitative estimate of drug-likeness (QED) is 0.574. The zero-order valence-corrected chi connectivity index (χ0v) is 15.8. The van der Waals surface area contributed by atoms with Gasteiger partial charge in [-0.15, -0.1) is 0 Å². The number of hydrogen-bond acceptors (Lipinski definition) is 2. The van der Waals surface area contributed by atoms with Crippen molar-refractivity contribution in [2.24, 2.45) is 4.99 Å². The molecular formula is C18H26ClFN4O. The van der Waals surface area contributed by atoms with E-state index in [1.807, 2.05) is 0 Å². The van der Waals surface area contributed by atoms with Gasteiger partial charge in [-0.25, -0.2) is 9.38 Å². The molecule has 1 saturated carbocycles. The Morgan fingerprint density at radius 2 is 2.08 bits per heavy atom. The van der Waals surface area contributed by atoms with Gasteiger partial charge in [0.2, 0.25) is 5.91 Å². The highest BCUT2D eigenvalue weighted by Gasteiger charge is 2.45. The molecule has 0 unspecified atom stereocenters. The van der Waals surface area contributed by atoms with Crippen LogP contribution in [0.4, 0.5) is 4.39 Å². The van der Waals surface area contributed by atoms with Gasteiger partial charge in [0.25, 0.3) is 0 Å². The minimum absolute atomic E-state index is 0.0553. The largest absolute Gasteiger partial charge is 0.356 e. The summed E-state index contributed by atoms with van der Waals surface area (Å²) in [6.45, 7) is 3.57. The summed E-state index contributed by atoms with van der Waals surface area (Å²) in [5.41, 5.74) is 0.868. The molecule has 1 aliphatic rings. The smallest absolute Gasteiger partial charge is 0.243 e. The number of likely N-dealkylation sites (N-methyl/N-ethyl adjacent to an activating group) is 1. The maximum Gasteiger partial charge on any atom is 0.243 e. The molecule has 0 spiro atoms. The Balaban J connectivity index is 2.03. The van der Waals surface area contributed by atoms with Crippen molar-refractivity contribution in [3.05, 3.63) is 34.6 Å². The van der Waals surface area contributed by atoms with E-state index in [0.29, 0.717) is 17.5 Å². The third kappa shape index (κ3) is 5.33. The fourth-order valence-corrected chi connectivity index (χ4v) is 2.94. The number of benzene rings is 1. The van der Waals surface area contributed by atoms with Crippen LogP contribution in [0.15, 0.2) is 23.2 Å².